The van der Waals surface area contributed by atoms with Crippen LogP contribution >= 0.6 is 0 Å². The molecule has 0 aliphatic carbocycles. The highest BCUT2D eigenvalue weighted by molar-refractivity contribution is 5.85. The molecule has 0 bridgehead atoms. The van der Waals surface area contributed by atoms with Crippen LogP contribution < -0.4 is 5.32 Å². The van der Waals surface area contributed by atoms with Crippen molar-refractivity contribution in [2.45, 2.75) is 25.3 Å². The number of nitrogens with one attached hydrogen (secondary N) is 1. The maximum Gasteiger partial charge on any atom is 0.239 e. The molecule has 2 rings (SSSR count). The first-order valence-electron chi connectivity index (χ1n) is 5.94. The first kappa shape index (κ1) is 11.4. The largest absolute Gasteiger partial charge is 0.344 e. The number of hydrogen-bond acceptors (Lipinski definition) is 3. The fourth-order valence-electron chi connectivity index (χ4n) is 2.30. The van der Waals surface area contributed by atoms with Crippen LogP contribution in [0.1, 0.15) is 19.3 Å². The number of likely N-dealkylation sites (tertiary alicyclic amines) is 2. The Balaban J connectivity index is 1.74. The van der Waals surface area contributed by atoms with Crippen LogP contribution in [0.4, 0.5) is 0 Å². The Morgan fingerprint density at radius 1 is 1.38 bits per heavy atom. The van der Waals surface area contributed by atoms with Gasteiger partial charge in [-0.05, 0) is 19.3 Å². The zero-order chi connectivity index (χ0) is 11.5. The van der Waals surface area contributed by atoms with Crippen LogP contribution in [0.15, 0.2) is 0 Å². The molecule has 5 nitrogen and oxygen atoms in total. The molecule has 5 heteroatoms. The van der Waals surface area contributed by atoms with Gasteiger partial charge in [-0.1, -0.05) is 0 Å². The van der Waals surface area contributed by atoms with Crippen molar-refractivity contribution in [2.75, 3.05) is 33.2 Å². The Morgan fingerprint density at radius 3 is 2.62 bits per heavy atom. The van der Waals surface area contributed by atoms with Gasteiger partial charge in [-0.15, -0.1) is 0 Å². The van der Waals surface area contributed by atoms with Gasteiger partial charge in [0.15, 0.2) is 0 Å². The minimum atomic E-state index is -0.156. The van der Waals surface area contributed by atoms with Gasteiger partial charge in [0.1, 0.15) is 0 Å². The molecule has 2 aliphatic rings. The summed E-state index contributed by atoms with van der Waals surface area (Å²) in [5.74, 6) is 0.231. The van der Waals surface area contributed by atoms with E-state index in [0.29, 0.717) is 6.54 Å². The number of carbonyl (C=O) groups excluding carboxylic acids is 2. The molecule has 0 aromatic rings. The maximum absolute atomic E-state index is 11.7. The quantitative estimate of drug-likeness (QED) is 0.700. The van der Waals surface area contributed by atoms with Gasteiger partial charge in [0.25, 0.3) is 0 Å². The van der Waals surface area contributed by atoms with E-state index in [1.54, 1.807) is 11.9 Å². The SMILES string of the molecule is CN1CCC(NCC(=O)N2CCCC2)C1=O. The van der Waals surface area contributed by atoms with Crippen LogP contribution in [0.3, 0.4) is 0 Å². The summed E-state index contributed by atoms with van der Waals surface area (Å²) in [6.07, 6.45) is 3.02. The summed E-state index contributed by atoms with van der Waals surface area (Å²) in [5.41, 5.74) is 0. The van der Waals surface area contributed by atoms with Crippen molar-refractivity contribution in [3.05, 3.63) is 0 Å². The van der Waals surface area contributed by atoms with E-state index in [-0.39, 0.29) is 17.9 Å². The molecule has 2 fully saturated rings. The van der Waals surface area contributed by atoms with Gasteiger partial charge >= 0.3 is 0 Å². The zero-order valence-corrected chi connectivity index (χ0v) is 9.74. The highest BCUT2D eigenvalue weighted by Crippen LogP contribution is 2.09. The van der Waals surface area contributed by atoms with Crippen LogP contribution in [-0.4, -0.2) is 60.9 Å². The van der Waals surface area contributed by atoms with Gasteiger partial charge in [0.2, 0.25) is 11.8 Å². The van der Waals surface area contributed by atoms with E-state index >= 15 is 0 Å². The molecule has 2 saturated heterocycles. The molecule has 2 heterocycles. The van der Waals surface area contributed by atoms with Crippen molar-refractivity contribution in [1.29, 1.82) is 0 Å². The molecular formula is C11H19N3O2. The topological polar surface area (TPSA) is 52.7 Å². The summed E-state index contributed by atoms with van der Waals surface area (Å²) < 4.78 is 0. The van der Waals surface area contributed by atoms with Gasteiger partial charge in [0.05, 0.1) is 12.6 Å². The van der Waals surface area contributed by atoms with E-state index in [0.717, 1.165) is 38.9 Å². The number of carbonyl (C=O) groups is 2. The van der Waals surface area contributed by atoms with Crippen molar-refractivity contribution < 1.29 is 9.59 Å². The summed E-state index contributed by atoms with van der Waals surface area (Å²) in [6.45, 7) is 2.83. The lowest BCUT2D eigenvalue weighted by molar-refractivity contribution is -0.130. The van der Waals surface area contributed by atoms with Crippen LogP contribution in [-0.2, 0) is 9.59 Å². The Hall–Kier alpha value is -1.10. The van der Waals surface area contributed by atoms with E-state index in [9.17, 15) is 9.59 Å². The minimum Gasteiger partial charge on any atom is -0.344 e. The van der Waals surface area contributed by atoms with E-state index in [1.165, 1.54) is 0 Å². The molecule has 0 radical (unpaired) electrons. The van der Waals surface area contributed by atoms with E-state index < -0.39 is 0 Å². The lowest BCUT2D eigenvalue weighted by Crippen LogP contribution is -2.43. The third-order valence-corrected chi connectivity index (χ3v) is 3.39. The van der Waals surface area contributed by atoms with Crippen molar-refractivity contribution >= 4 is 11.8 Å². The second-order valence-electron chi connectivity index (χ2n) is 4.57. The summed E-state index contributed by atoms with van der Waals surface area (Å²) in [4.78, 5) is 26.9. The molecule has 1 atom stereocenters. The number of nitrogens with zero attached hydrogens (tertiary/aromatic N) is 2. The van der Waals surface area contributed by atoms with Crippen LogP contribution in [0.25, 0.3) is 0 Å². The third kappa shape index (κ3) is 2.35. The Morgan fingerprint density at radius 2 is 2.06 bits per heavy atom. The molecule has 0 spiro atoms. The molecule has 90 valence electrons. The van der Waals surface area contributed by atoms with Crippen molar-refractivity contribution in [3.63, 3.8) is 0 Å². The second-order valence-corrected chi connectivity index (χ2v) is 4.57. The summed E-state index contributed by atoms with van der Waals surface area (Å²) in [5, 5.41) is 3.06. The average molecular weight is 225 g/mol. The summed E-state index contributed by atoms with van der Waals surface area (Å²) in [6, 6.07) is -0.156. The lowest BCUT2D eigenvalue weighted by Gasteiger charge is -2.17. The number of hydrogen-bond donors (Lipinski definition) is 1. The summed E-state index contributed by atoms with van der Waals surface area (Å²) in [7, 11) is 1.80. The van der Waals surface area contributed by atoms with Gasteiger partial charge in [-0.3, -0.25) is 14.9 Å². The van der Waals surface area contributed by atoms with Gasteiger partial charge < -0.3 is 9.80 Å². The third-order valence-electron chi connectivity index (χ3n) is 3.39. The second kappa shape index (κ2) is 4.82. The zero-order valence-electron chi connectivity index (χ0n) is 9.74. The number of rotatable bonds is 3. The Labute approximate surface area is 95.8 Å². The molecular weight excluding hydrogens is 206 g/mol. The van der Waals surface area contributed by atoms with Gasteiger partial charge in [-0.25, -0.2) is 0 Å². The molecule has 2 aliphatic heterocycles. The molecule has 0 aromatic heterocycles. The highest BCUT2D eigenvalue weighted by Gasteiger charge is 2.29. The van der Waals surface area contributed by atoms with Crippen molar-refractivity contribution in [3.8, 4) is 0 Å². The smallest absolute Gasteiger partial charge is 0.239 e. The number of likely N-dealkylation sites (N-methyl/N-ethyl adjacent to an activating group) is 1. The Bertz CT molecular complexity index is 287. The van der Waals surface area contributed by atoms with Crippen LogP contribution in [0.5, 0.6) is 0 Å². The first-order chi connectivity index (χ1) is 7.68. The predicted molar refractivity (Wildman–Crippen MR) is 59.9 cm³/mol. The number of amides is 2. The molecule has 16 heavy (non-hydrogen) atoms. The van der Waals surface area contributed by atoms with E-state index in [2.05, 4.69) is 5.32 Å². The highest BCUT2D eigenvalue weighted by atomic mass is 16.2. The lowest BCUT2D eigenvalue weighted by atomic mass is 10.2. The molecule has 0 aromatic carbocycles. The molecule has 1 N–H and O–H groups in total. The average Bonchev–Trinajstić information content (AvgIpc) is 2.89. The van der Waals surface area contributed by atoms with Gasteiger partial charge in [-0.2, -0.15) is 0 Å². The Kier molecular flexibility index (Phi) is 3.43. The molecule has 1 unspecified atom stereocenters. The van der Waals surface area contributed by atoms with Crippen molar-refractivity contribution in [2.24, 2.45) is 0 Å². The fourth-order valence-corrected chi connectivity index (χ4v) is 2.30. The minimum absolute atomic E-state index is 0.106. The maximum atomic E-state index is 11.7. The van der Waals surface area contributed by atoms with Crippen molar-refractivity contribution in [1.82, 2.24) is 15.1 Å². The molecule has 2 amide bonds. The van der Waals surface area contributed by atoms with E-state index in [1.807, 2.05) is 4.90 Å². The normalized spacial score (nSPS) is 25.6. The van der Waals surface area contributed by atoms with Crippen LogP contribution in [0.2, 0.25) is 0 Å². The first-order valence-corrected chi connectivity index (χ1v) is 5.94. The van der Waals surface area contributed by atoms with Crippen LogP contribution in [0, 0.1) is 0 Å². The summed E-state index contributed by atoms with van der Waals surface area (Å²) >= 11 is 0. The van der Waals surface area contributed by atoms with E-state index in [4.69, 9.17) is 0 Å². The standard InChI is InChI=1S/C11H19N3O2/c1-13-7-4-9(11(13)16)12-8-10(15)14-5-2-3-6-14/h9,12H,2-8H2,1H3. The van der Waals surface area contributed by atoms with Gasteiger partial charge in [0, 0.05) is 26.7 Å². The monoisotopic (exact) mass is 225 g/mol. The fraction of sp³-hybridized carbons (Fsp3) is 0.818. The molecule has 0 saturated carbocycles. The predicted octanol–water partition coefficient (Wildman–Crippen LogP) is -0.571.